The van der Waals surface area contributed by atoms with E-state index in [0.717, 1.165) is 12.1 Å². The summed E-state index contributed by atoms with van der Waals surface area (Å²) in [4.78, 5) is 11.9. The smallest absolute Gasteiger partial charge is 0.349 e. The molecule has 2 unspecified atom stereocenters. The molecule has 0 aromatic heterocycles. The van der Waals surface area contributed by atoms with Gasteiger partial charge in [-0.2, -0.15) is 0 Å². The minimum absolute atomic E-state index is 0.127. The van der Waals surface area contributed by atoms with E-state index in [-0.39, 0.29) is 12.1 Å². The predicted molar refractivity (Wildman–Crippen MR) is 64.7 cm³/mol. The molecule has 0 aliphatic carbocycles. The van der Waals surface area contributed by atoms with Gasteiger partial charge < -0.3 is 19.5 Å². The number of para-hydroxylation sites is 2. The van der Waals surface area contributed by atoms with Crippen molar-refractivity contribution in [2.24, 2.45) is 0 Å². The van der Waals surface area contributed by atoms with Crippen molar-refractivity contribution in [1.82, 2.24) is 0 Å². The third-order valence-corrected chi connectivity index (χ3v) is 3.07. The Labute approximate surface area is 105 Å². The highest BCUT2D eigenvalue weighted by Crippen LogP contribution is 2.28. The first kappa shape index (κ1) is 11.3. The molecule has 1 N–H and O–H groups in total. The average Bonchev–Trinajstić information content (AvgIpc) is 2.91. The van der Waals surface area contributed by atoms with Gasteiger partial charge in [-0.25, -0.2) is 4.79 Å². The van der Waals surface area contributed by atoms with Crippen molar-refractivity contribution < 1.29 is 19.0 Å². The van der Waals surface area contributed by atoms with Crippen LogP contribution in [0.3, 0.4) is 0 Å². The number of anilines is 1. The Balaban J connectivity index is 1.62. The maximum absolute atomic E-state index is 11.9. The fraction of sp³-hybridized carbons (Fsp3) is 0.462. The summed E-state index contributed by atoms with van der Waals surface area (Å²) in [5.74, 6) is 0.362. The van der Waals surface area contributed by atoms with Gasteiger partial charge in [-0.15, -0.1) is 0 Å². The molecule has 1 aromatic rings. The Bertz CT molecular complexity index is 442. The fourth-order valence-corrected chi connectivity index (χ4v) is 2.09. The topological polar surface area (TPSA) is 56.8 Å². The first-order valence-corrected chi connectivity index (χ1v) is 6.11. The highest BCUT2D eigenvalue weighted by atomic mass is 16.6. The number of carbonyl (C=O) groups excluding carboxylic acids is 1. The SMILES string of the molecule is O=C(OC1CCOC1)C1CNc2ccccc2O1. The lowest BCUT2D eigenvalue weighted by Crippen LogP contribution is -2.40. The van der Waals surface area contributed by atoms with Crippen molar-refractivity contribution in [1.29, 1.82) is 0 Å². The molecule has 5 heteroatoms. The maximum Gasteiger partial charge on any atom is 0.349 e. The first-order chi connectivity index (χ1) is 8.83. The normalized spacial score (nSPS) is 25.8. The van der Waals surface area contributed by atoms with Crippen LogP contribution in [-0.2, 0) is 14.3 Å². The lowest BCUT2D eigenvalue weighted by molar-refractivity contribution is -0.157. The third-order valence-electron chi connectivity index (χ3n) is 3.07. The zero-order valence-electron chi connectivity index (χ0n) is 9.93. The Morgan fingerprint density at radius 2 is 2.28 bits per heavy atom. The minimum atomic E-state index is -0.583. The van der Waals surface area contributed by atoms with E-state index in [2.05, 4.69) is 5.32 Å². The molecule has 96 valence electrons. The van der Waals surface area contributed by atoms with E-state index in [1.165, 1.54) is 0 Å². The highest BCUT2D eigenvalue weighted by Gasteiger charge is 2.30. The van der Waals surface area contributed by atoms with Gasteiger partial charge in [-0.3, -0.25) is 0 Å². The second-order valence-corrected chi connectivity index (χ2v) is 4.41. The van der Waals surface area contributed by atoms with Crippen molar-refractivity contribution in [2.45, 2.75) is 18.6 Å². The van der Waals surface area contributed by atoms with Crippen LogP contribution in [0.25, 0.3) is 0 Å². The molecule has 1 saturated heterocycles. The molecule has 1 aromatic carbocycles. The van der Waals surface area contributed by atoms with Gasteiger partial charge in [-0.05, 0) is 12.1 Å². The fourth-order valence-electron chi connectivity index (χ4n) is 2.09. The van der Waals surface area contributed by atoms with Crippen LogP contribution in [0.2, 0.25) is 0 Å². The second kappa shape index (κ2) is 4.86. The molecule has 2 aliphatic rings. The summed E-state index contributed by atoms with van der Waals surface area (Å²) in [7, 11) is 0. The van der Waals surface area contributed by atoms with Gasteiger partial charge in [0.05, 0.1) is 25.4 Å². The summed E-state index contributed by atoms with van der Waals surface area (Å²) in [5, 5.41) is 3.16. The molecule has 0 saturated carbocycles. The molecule has 2 atom stereocenters. The third kappa shape index (κ3) is 2.26. The van der Waals surface area contributed by atoms with Crippen molar-refractivity contribution in [3.05, 3.63) is 24.3 Å². The van der Waals surface area contributed by atoms with E-state index in [9.17, 15) is 4.79 Å². The van der Waals surface area contributed by atoms with Crippen LogP contribution in [0.5, 0.6) is 5.75 Å². The summed E-state index contributed by atoms with van der Waals surface area (Å²) in [6, 6.07) is 7.55. The lowest BCUT2D eigenvalue weighted by Gasteiger charge is -2.26. The number of hydrogen-bond donors (Lipinski definition) is 1. The van der Waals surface area contributed by atoms with E-state index in [4.69, 9.17) is 14.2 Å². The van der Waals surface area contributed by atoms with E-state index in [1.807, 2.05) is 24.3 Å². The van der Waals surface area contributed by atoms with Crippen LogP contribution in [-0.4, -0.2) is 37.9 Å². The molecule has 2 heterocycles. The summed E-state index contributed by atoms with van der Waals surface area (Å²) >= 11 is 0. The molecule has 0 bridgehead atoms. The van der Waals surface area contributed by atoms with Crippen molar-refractivity contribution >= 4 is 11.7 Å². The number of fused-ring (bicyclic) bond motifs is 1. The molecule has 18 heavy (non-hydrogen) atoms. The van der Waals surface area contributed by atoms with Gasteiger partial charge >= 0.3 is 5.97 Å². The molecular weight excluding hydrogens is 234 g/mol. The van der Waals surface area contributed by atoms with E-state index < -0.39 is 6.10 Å². The van der Waals surface area contributed by atoms with Gasteiger partial charge in [0.2, 0.25) is 6.10 Å². The van der Waals surface area contributed by atoms with Crippen LogP contribution in [0.15, 0.2) is 24.3 Å². The Hall–Kier alpha value is -1.75. The molecule has 0 spiro atoms. The molecule has 5 nitrogen and oxygen atoms in total. The molecule has 2 aliphatic heterocycles. The number of benzene rings is 1. The quantitative estimate of drug-likeness (QED) is 0.798. The van der Waals surface area contributed by atoms with Gasteiger partial charge in [0.15, 0.2) is 0 Å². The Morgan fingerprint density at radius 1 is 1.39 bits per heavy atom. The largest absolute Gasteiger partial charge is 0.475 e. The average molecular weight is 249 g/mol. The number of hydrogen-bond acceptors (Lipinski definition) is 5. The number of rotatable bonds is 2. The monoisotopic (exact) mass is 249 g/mol. The predicted octanol–water partition coefficient (Wildman–Crippen LogP) is 1.19. The van der Waals surface area contributed by atoms with Crippen LogP contribution in [0.1, 0.15) is 6.42 Å². The Morgan fingerprint density at radius 3 is 3.11 bits per heavy atom. The molecule has 0 amide bonds. The van der Waals surface area contributed by atoms with Crippen LogP contribution >= 0.6 is 0 Å². The van der Waals surface area contributed by atoms with Gasteiger partial charge in [-0.1, -0.05) is 12.1 Å². The number of carbonyl (C=O) groups is 1. The summed E-state index contributed by atoms with van der Waals surface area (Å²) in [6.45, 7) is 1.58. The Kier molecular flexibility index (Phi) is 3.06. The van der Waals surface area contributed by atoms with Gasteiger partial charge in [0.1, 0.15) is 11.9 Å². The molecule has 0 radical (unpaired) electrons. The number of ether oxygens (including phenoxy) is 3. The summed E-state index contributed by atoms with van der Waals surface area (Å²) < 4.78 is 16.1. The number of nitrogens with one attached hydrogen (secondary N) is 1. The van der Waals surface area contributed by atoms with Crippen LogP contribution in [0.4, 0.5) is 5.69 Å². The van der Waals surface area contributed by atoms with Crippen LogP contribution in [0, 0.1) is 0 Å². The molecular formula is C13H15NO4. The van der Waals surface area contributed by atoms with Gasteiger partial charge in [0, 0.05) is 6.42 Å². The standard InChI is InChI=1S/C13H15NO4/c15-13(17-9-5-6-16-8-9)12-7-14-10-3-1-2-4-11(10)18-12/h1-4,9,12,14H,5-8H2. The van der Waals surface area contributed by atoms with Crippen molar-refractivity contribution in [3.8, 4) is 5.75 Å². The summed E-state index contributed by atoms with van der Waals surface area (Å²) in [6.07, 6.45) is 0.0569. The van der Waals surface area contributed by atoms with Crippen molar-refractivity contribution in [2.75, 3.05) is 25.1 Å². The highest BCUT2D eigenvalue weighted by molar-refractivity contribution is 5.78. The van der Waals surface area contributed by atoms with Crippen molar-refractivity contribution in [3.63, 3.8) is 0 Å². The van der Waals surface area contributed by atoms with E-state index in [0.29, 0.717) is 25.5 Å². The zero-order valence-corrected chi connectivity index (χ0v) is 9.93. The maximum atomic E-state index is 11.9. The minimum Gasteiger partial charge on any atom is -0.475 e. The molecule has 3 rings (SSSR count). The molecule has 1 fully saturated rings. The number of esters is 1. The van der Waals surface area contributed by atoms with E-state index in [1.54, 1.807) is 0 Å². The summed E-state index contributed by atoms with van der Waals surface area (Å²) in [5.41, 5.74) is 0.908. The second-order valence-electron chi connectivity index (χ2n) is 4.41. The van der Waals surface area contributed by atoms with Crippen LogP contribution < -0.4 is 10.1 Å². The first-order valence-electron chi connectivity index (χ1n) is 6.11. The van der Waals surface area contributed by atoms with Gasteiger partial charge in [0.25, 0.3) is 0 Å². The zero-order chi connectivity index (χ0) is 12.4. The van der Waals surface area contributed by atoms with E-state index >= 15 is 0 Å². The lowest BCUT2D eigenvalue weighted by atomic mass is 10.2.